The highest BCUT2D eigenvalue weighted by Gasteiger charge is 2.15. The van der Waals surface area contributed by atoms with E-state index in [0.717, 1.165) is 26.2 Å². The van der Waals surface area contributed by atoms with Gasteiger partial charge in [-0.15, -0.1) is 0 Å². The van der Waals surface area contributed by atoms with Gasteiger partial charge >= 0.3 is 0 Å². The highest BCUT2D eigenvalue weighted by molar-refractivity contribution is 5.97. The molecule has 1 aromatic carbocycles. The maximum atomic E-state index is 14.3. The third-order valence-electron chi connectivity index (χ3n) is 5.77. The number of benzene rings is 1. The molecule has 0 spiro atoms. The minimum Gasteiger partial charge on any atom is -0.496 e. The van der Waals surface area contributed by atoms with Gasteiger partial charge in [0.15, 0.2) is 0 Å². The number of rotatable bonds is 10. The van der Waals surface area contributed by atoms with Gasteiger partial charge in [0.2, 0.25) is 5.95 Å². The number of primary amides is 1. The fraction of sp³-hybridized carbons (Fsp3) is 0.391. The summed E-state index contributed by atoms with van der Waals surface area (Å²) in [7, 11) is 1.46. The molecule has 0 aliphatic carbocycles. The van der Waals surface area contributed by atoms with Crippen LogP contribution in [0.5, 0.6) is 5.75 Å². The van der Waals surface area contributed by atoms with Crippen molar-refractivity contribution in [3.05, 3.63) is 53.7 Å². The third kappa shape index (κ3) is 5.79. The van der Waals surface area contributed by atoms with Crippen molar-refractivity contribution in [1.29, 1.82) is 0 Å². The summed E-state index contributed by atoms with van der Waals surface area (Å²) in [5.74, 6) is -0.300. The van der Waals surface area contributed by atoms with Crippen molar-refractivity contribution in [2.45, 2.75) is 32.4 Å². The van der Waals surface area contributed by atoms with Gasteiger partial charge in [0.25, 0.3) is 5.91 Å². The van der Waals surface area contributed by atoms with Crippen LogP contribution in [-0.4, -0.2) is 57.3 Å². The van der Waals surface area contributed by atoms with E-state index >= 15 is 0 Å². The fourth-order valence-corrected chi connectivity index (χ4v) is 3.94. The monoisotopic (exact) mass is 468 g/mol. The van der Waals surface area contributed by atoms with Gasteiger partial charge in [-0.05, 0) is 38.1 Å². The molecule has 2 aromatic heterocycles. The number of nitrogens with one attached hydrogen (secondary N) is 2. The lowest BCUT2D eigenvalue weighted by molar-refractivity contribution is 0.100. The number of nitrogens with zero attached hydrogens (tertiary/aromatic N) is 5. The number of methoxy groups -OCH3 is 1. The number of halogens is 1. The Morgan fingerprint density at radius 3 is 2.79 bits per heavy atom. The number of carbonyl (C=O) groups excluding carboxylic acids is 1. The van der Waals surface area contributed by atoms with Crippen LogP contribution in [0.1, 0.15) is 35.2 Å². The van der Waals surface area contributed by atoms with Crippen LogP contribution in [-0.2, 0) is 13.1 Å². The Morgan fingerprint density at radius 1 is 1.21 bits per heavy atom. The number of hydrogen-bond acceptors (Lipinski definition) is 8. The average Bonchev–Trinajstić information content (AvgIpc) is 3.29. The molecule has 0 atom stereocenters. The lowest BCUT2D eigenvalue weighted by Crippen LogP contribution is -2.32. The van der Waals surface area contributed by atoms with E-state index in [9.17, 15) is 9.18 Å². The first-order chi connectivity index (χ1) is 16.5. The van der Waals surface area contributed by atoms with Crippen molar-refractivity contribution in [2.75, 3.05) is 37.4 Å². The molecular formula is C23H29FN8O2. The van der Waals surface area contributed by atoms with E-state index in [1.54, 1.807) is 18.3 Å². The molecular weight excluding hydrogens is 439 g/mol. The summed E-state index contributed by atoms with van der Waals surface area (Å²) in [6.45, 7) is 4.07. The zero-order valence-electron chi connectivity index (χ0n) is 19.1. The Hall–Kier alpha value is -3.73. The summed E-state index contributed by atoms with van der Waals surface area (Å²) in [5.41, 5.74) is 6.59. The van der Waals surface area contributed by atoms with E-state index in [-0.39, 0.29) is 23.9 Å². The van der Waals surface area contributed by atoms with E-state index in [0.29, 0.717) is 17.0 Å². The smallest absolute Gasteiger partial charge is 0.254 e. The Kier molecular flexibility index (Phi) is 7.53. The maximum Gasteiger partial charge on any atom is 0.254 e. The van der Waals surface area contributed by atoms with E-state index in [4.69, 9.17) is 10.5 Å². The summed E-state index contributed by atoms with van der Waals surface area (Å²) in [5, 5.41) is 10.5. The third-order valence-corrected chi connectivity index (χ3v) is 5.77. The highest BCUT2D eigenvalue weighted by Crippen LogP contribution is 2.24. The molecule has 1 amide bonds. The maximum absolute atomic E-state index is 14.3. The van der Waals surface area contributed by atoms with E-state index in [2.05, 4.69) is 30.6 Å². The van der Waals surface area contributed by atoms with Crippen molar-refractivity contribution in [1.82, 2.24) is 24.6 Å². The number of anilines is 3. The number of nitrogens with two attached hydrogens (primary N) is 1. The summed E-state index contributed by atoms with van der Waals surface area (Å²) in [4.78, 5) is 22.9. The van der Waals surface area contributed by atoms with Crippen LogP contribution in [0.15, 0.2) is 36.8 Å². The van der Waals surface area contributed by atoms with Crippen molar-refractivity contribution in [2.24, 2.45) is 5.73 Å². The second-order valence-corrected chi connectivity index (χ2v) is 8.11. The molecule has 1 saturated heterocycles. The SMILES string of the molecule is COc1cccc(F)c1CNc1nc(Nc2cnn(CCN3CCCCC3)c2)ncc1C(N)=O. The zero-order chi connectivity index (χ0) is 23.9. The number of hydrogen-bond donors (Lipinski definition) is 3. The van der Waals surface area contributed by atoms with E-state index in [1.165, 1.54) is 38.6 Å². The van der Waals surface area contributed by atoms with Crippen molar-refractivity contribution in [3.63, 3.8) is 0 Å². The second kappa shape index (κ2) is 10.9. The molecule has 11 heteroatoms. The minimum absolute atomic E-state index is 0.0427. The molecule has 34 heavy (non-hydrogen) atoms. The van der Waals surface area contributed by atoms with Crippen molar-refractivity contribution >= 4 is 23.4 Å². The quantitative estimate of drug-likeness (QED) is 0.415. The molecule has 0 bridgehead atoms. The van der Waals surface area contributed by atoms with Crippen LogP contribution < -0.4 is 21.1 Å². The Morgan fingerprint density at radius 2 is 2.03 bits per heavy atom. The molecule has 1 aliphatic rings. The normalized spacial score (nSPS) is 14.1. The first-order valence-electron chi connectivity index (χ1n) is 11.3. The largest absolute Gasteiger partial charge is 0.496 e. The number of amides is 1. The van der Waals surface area contributed by atoms with Gasteiger partial charge < -0.3 is 26.0 Å². The molecule has 1 aliphatic heterocycles. The average molecular weight is 469 g/mol. The molecule has 4 N–H and O–H groups in total. The van der Waals surface area contributed by atoms with Gasteiger partial charge in [0.05, 0.1) is 31.1 Å². The Balaban J connectivity index is 1.44. The van der Waals surface area contributed by atoms with Crippen LogP contribution in [0, 0.1) is 5.82 Å². The molecule has 3 heterocycles. The first kappa shape index (κ1) is 23.4. The topological polar surface area (TPSA) is 123 Å². The first-order valence-corrected chi connectivity index (χ1v) is 11.3. The molecule has 0 radical (unpaired) electrons. The van der Waals surface area contributed by atoms with Gasteiger partial charge in [-0.1, -0.05) is 12.5 Å². The van der Waals surface area contributed by atoms with Gasteiger partial charge in [-0.25, -0.2) is 9.37 Å². The van der Waals surface area contributed by atoms with Gasteiger partial charge in [0, 0.05) is 31.0 Å². The molecule has 0 unspecified atom stereocenters. The van der Waals surface area contributed by atoms with Crippen LogP contribution in [0.3, 0.4) is 0 Å². The minimum atomic E-state index is -0.694. The predicted octanol–water partition coefficient (Wildman–Crippen LogP) is 2.76. The van der Waals surface area contributed by atoms with E-state index < -0.39 is 11.7 Å². The molecule has 1 fully saturated rings. The van der Waals surface area contributed by atoms with Crippen molar-refractivity contribution < 1.29 is 13.9 Å². The predicted molar refractivity (Wildman–Crippen MR) is 127 cm³/mol. The number of ether oxygens (including phenoxy) is 1. The summed E-state index contributed by atoms with van der Waals surface area (Å²) in [6, 6.07) is 4.56. The zero-order valence-corrected chi connectivity index (χ0v) is 19.1. The molecule has 0 saturated carbocycles. The number of likely N-dealkylation sites (tertiary alicyclic amines) is 1. The van der Waals surface area contributed by atoms with Crippen LogP contribution in [0.2, 0.25) is 0 Å². The molecule has 180 valence electrons. The van der Waals surface area contributed by atoms with Gasteiger partial charge in [0.1, 0.15) is 17.4 Å². The van der Waals surface area contributed by atoms with Gasteiger partial charge in [-0.3, -0.25) is 9.48 Å². The molecule has 4 rings (SSSR count). The van der Waals surface area contributed by atoms with Crippen molar-refractivity contribution in [3.8, 4) is 5.75 Å². The number of piperidine rings is 1. The number of carbonyl (C=O) groups is 1. The second-order valence-electron chi connectivity index (χ2n) is 8.11. The number of aromatic nitrogens is 4. The standard InChI is InChI=1S/C23H29FN8O2/c1-34-20-7-5-6-19(24)17(20)13-26-22-18(21(25)33)14-27-23(30-22)29-16-12-28-32(15-16)11-10-31-8-3-2-4-9-31/h5-7,12,14-15H,2-4,8-11,13H2,1H3,(H2,25,33)(H2,26,27,29,30). The summed E-state index contributed by atoms with van der Waals surface area (Å²) >= 11 is 0. The highest BCUT2D eigenvalue weighted by atomic mass is 19.1. The lowest BCUT2D eigenvalue weighted by Gasteiger charge is -2.26. The van der Waals surface area contributed by atoms with Crippen LogP contribution in [0.4, 0.5) is 21.8 Å². The fourth-order valence-electron chi connectivity index (χ4n) is 3.94. The Bertz CT molecular complexity index is 1130. The summed E-state index contributed by atoms with van der Waals surface area (Å²) in [6.07, 6.45) is 8.73. The van der Waals surface area contributed by atoms with Crippen LogP contribution in [0.25, 0.3) is 0 Å². The van der Waals surface area contributed by atoms with Gasteiger partial charge in [-0.2, -0.15) is 10.1 Å². The molecule has 3 aromatic rings. The van der Waals surface area contributed by atoms with E-state index in [1.807, 2.05) is 10.9 Å². The lowest BCUT2D eigenvalue weighted by atomic mass is 10.1. The molecule has 10 nitrogen and oxygen atoms in total. The Labute approximate surface area is 197 Å². The summed E-state index contributed by atoms with van der Waals surface area (Å²) < 4.78 is 21.4. The van der Waals surface area contributed by atoms with Crippen LogP contribution >= 0.6 is 0 Å².